The summed E-state index contributed by atoms with van der Waals surface area (Å²) in [5, 5.41) is 4.27. The molecule has 1 saturated heterocycles. The van der Waals surface area contributed by atoms with Crippen molar-refractivity contribution in [2.45, 2.75) is 6.42 Å². The van der Waals surface area contributed by atoms with Gasteiger partial charge in [-0.2, -0.15) is 5.10 Å². The number of nitrogens with zero attached hydrogens (tertiary/aromatic N) is 4. The molecule has 7 heteroatoms. The van der Waals surface area contributed by atoms with Crippen LogP contribution in [0.1, 0.15) is 15.9 Å². The number of piperazine rings is 1. The van der Waals surface area contributed by atoms with E-state index in [1.165, 1.54) is 5.56 Å². The third-order valence-electron chi connectivity index (χ3n) is 5.47. The third-order valence-corrected chi connectivity index (χ3v) is 5.87. The number of amides is 1. The molecule has 1 aromatic heterocycles. The number of halogens is 1. The molecule has 4 rings (SSSR count). The Morgan fingerprint density at radius 1 is 1.03 bits per heavy atom. The van der Waals surface area contributed by atoms with Gasteiger partial charge in [-0.15, -0.1) is 0 Å². The van der Waals surface area contributed by atoms with Gasteiger partial charge in [-0.3, -0.25) is 9.69 Å². The Kier molecular flexibility index (Phi) is 6.50. The van der Waals surface area contributed by atoms with Crippen molar-refractivity contribution in [3.63, 3.8) is 0 Å². The second-order valence-electron chi connectivity index (χ2n) is 7.38. The van der Waals surface area contributed by atoms with Gasteiger partial charge in [-0.05, 0) is 64.3 Å². The van der Waals surface area contributed by atoms with Crippen LogP contribution in [0.4, 0.5) is 0 Å². The van der Waals surface area contributed by atoms with Gasteiger partial charge in [0, 0.05) is 44.5 Å². The summed E-state index contributed by atoms with van der Waals surface area (Å²) in [4.78, 5) is 17.2. The van der Waals surface area contributed by atoms with Crippen LogP contribution in [-0.4, -0.2) is 65.3 Å². The second-order valence-corrected chi connectivity index (χ2v) is 8.30. The average Bonchev–Trinajstić information content (AvgIpc) is 3.24. The first-order valence-electron chi connectivity index (χ1n) is 10.1. The lowest BCUT2D eigenvalue weighted by Gasteiger charge is -2.34. The third kappa shape index (κ3) is 4.91. The van der Waals surface area contributed by atoms with Gasteiger partial charge in [0.15, 0.2) is 0 Å². The zero-order valence-electron chi connectivity index (χ0n) is 17.0. The molecule has 0 atom stereocenters. The Bertz CT molecular complexity index is 977. The number of carbonyl (C=O) groups excluding carboxylic acids is 1. The first-order chi connectivity index (χ1) is 14.6. The first kappa shape index (κ1) is 20.6. The van der Waals surface area contributed by atoms with E-state index < -0.39 is 0 Å². The maximum atomic E-state index is 12.9. The molecule has 1 amide bonds. The molecule has 2 heterocycles. The summed E-state index contributed by atoms with van der Waals surface area (Å²) in [6, 6.07) is 15.8. The van der Waals surface area contributed by atoms with E-state index in [0.29, 0.717) is 0 Å². The minimum atomic E-state index is 0.0954. The Hall–Kier alpha value is -2.64. The molecule has 1 fully saturated rings. The number of benzene rings is 2. The highest BCUT2D eigenvalue weighted by molar-refractivity contribution is 9.10. The van der Waals surface area contributed by atoms with E-state index >= 15 is 0 Å². The fourth-order valence-corrected chi connectivity index (χ4v) is 3.92. The molecule has 0 N–H and O–H groups in total. The predicted molar refractivity (Wildman–Crippen MR) is 120 cm³/mol. The van der Waals surface area contributed by atoms with Crippen molar-refractivity contribution in [1.82, 2.24) is 19.6 Å². The predicted octanol–water partition coefficient (Wildman–Crippen LogP) is 3.64. The maximum Gasteiger partial charge on any atom is 0.253 e. The molecule has 30 heavy (non-hydrogen) atoms. The summed E-state index contributed by atoms with van der Waals surface area (Å²) in [6.45, 7) is 4.33. The Balaban J connectivity index is 1.27. The molecule has 0 aliphatic carbocycles. The van der Waals surface area contributed by atoms with Crippen molar-refractivity contribution >= 4 is 21.8 Å². The highest BCUT2D eigenvalue weighted by Gasteiger charge is 2.22. The van der Waals surface area contributed by atoms with Crippen LogP contribution in [0.15, 0.2) is 65.4 Å². The minimum Gasteiger partial charge on any atom is -0.497 e. The van der Waals surface area contributed by atoms with E-state index in [0.717, 1.165) is 60.6 Å². The average molecular weight is 469 g/mol. The summed E-state index contributed by atoms with van der Waals surface area (Å²) in [6.07, 6.45) is 4.64. The van der Waals surface area contributed by atoms with Gasteiger partial charge in [0.1, 0.15) is 5.75 Å². The topological polar surface area (TPSA) is 50.6 Å². The highest BCUT2D eigenvalue weighted by atomic mass is 79.9. The Morgan fingerprint density at radius 2 is 1.73 bits per heavy atom. The van der Waals surface area contributed by atoms with E-state index in [1.807, 2.05) is 47.5 Å². The SMILES string of the molecule is COc1ccc(CCN2CCN(C(=O)c3ccc(-n4cc(Br)cn4)cc3)CC2)cc1. The number of methoxy groups -OCH3 is 1. The Morgan fingerprint density at radius 3 is 2.33 bits per heavy atom. The quantitative estimate of drug-likeness (QED) is 0.553. The van der Waals surface area contributed by atoms with Crippen LogP contribution in [0.2, 0.25) is 0 Å². The lowest BCUT2D eigenvalue weighted by Crippen LogP contribution is -2.49. The number of ether oxygens (including phenoxy) is 1. The smallest absolute Gasteiger partial charge is 0.253 e. The van der Waals surface area contributed by atoms with Crippen LogP contribution in [0, 0.1) is 0 Å². The van der Waals surface area contributed by atoms with Gasteiger partial charge in [0.25, 0.3) is 5.91 Å². The Labute approximate surface area is 185 Å². The summed E-state index contributed by atoms with van der Waals surface area (Å²) in [7, 11) is 1.68. The fraction of sp³-hybridized carbons (Fsp3) is 0.304. The number of aromatic nitrogens is 2. The van der Waals surface area contributed by atoms with E-state index in [2.05, 4.69) is 38.1 Å². The summed E-state index contributed by atoms with van der Waals surface area (Å²) >= 11 is 3.40. The van der Waals surface area contributed by atoms with Gasteiger partial charge in [0.2, 0.25) is 0 Å². The molecule has 1 aliphatic rings. The van der Waals surface area contributed by atoms with Crippen LogP contribution >= 0.6 is 15.9 Å². The molecule has 0 bridgehead atoms. The van der Waals surface area contributed by atoms with Crippen LogP contribution in [0.3, 0.4) is 0 Å². The van der Waals surface area contributed by atoms with Crippen LogP contribution in [0.25, 0.3) is 5.69 Å². The maximum absolute atomic E-state index is 12.9. The summed E-state index contributed by atoms with van der Waals surface area (Å²) in [5.74, 6) is 0.981. The standard InChI is InChI=1S/C23H25BrN4O2/c1-30-22-8-2-18(3-9-22)10-11-26-12-14-27(15-13-26)23(29)19-4-6-21(7-5-19)28-17-20(24)16-25-28/h2-9,16-17H,10-15H2,1H3. The largest absolute Gasteiger partial charge is 0.497 e. The van der Waals surface area contributed by atoms with Crippen LogP contribution in [0.5, 0.6) is 5.75 Å². The summed E-state index contributed by atoms with van der Waals surface area (Å²) in [5.41, 5.74) is 2.95. The zero-order chi connectivity index (χ0) is 20.9. The normalized spacial score (nSPS) is 14.7. The van der Waals surface area contributed by atoms with Gasteiger partial charge in [-0.1, -0.05) is 12.1 Å². The molecule has 2 aromatic carbocycles. The molecule has 0 saturated carbocycles. The number of rotatable bonds is 6. The van der Waals surface area contributed by atoms with Gasteiger partial charge in [0.05, 0.1) is 23.5 Å². The highest BCUT2D eigenvalue weighted by Crippen LogP contribution is 2.16. The van der Waals surface area contributed by atoms with Crippen LogP contribution < -0.4 is 4.74 Å². The molecule has 6 nitrogen and oxygen atoms in total. The van der Waals surface area contributed by atoms with E-state index in [9.17, 15) is 4.79 Å². The zero-order valence-corrected chi connectivity index (χ0v) is 18.6. The van der Waals surface area contributed by atoms with Gasteiger partial charge < -0.3 is 9.64 Å². The molecule has 0 spiro atoms. The second kappa shape index (κ2) is 9.45. The molecule has 0 radical (unpaired) electrons. The van der Waals surface area contributed by atoms with Crippen LogP contribution in [-0.2, 0) is 6.42 Å². The number of hydrogen-bond acceptors (Lipinski definition) is 4. The van der Waals surface area contributed by atoms with Gasteiger partial charge >= 0.3 is 0 Å². The van der Waals surface area contributed by atoms with E-state index in [1.54, 1.807) is 18.0 Å². The van der Waals surface area contributed by atoms with Crippen molar-refractivity contribution in [3.8, 4) is 11.4 Å². The van der Waals surface area contributed by atoms with E-state index in [-0.39, 0.29) is 5.91 Å². The van der Waals surface area contributed by atoms with Crippen molar-refractivity contribution < 1.29 is 9.53 Å². The van der Waals surface area contributed by atoms with Crippen molar-refractivity contribution in [2.75, 3.05) is 39.8 Å². The molecule has 0 unspecified atom stereocenters. The van der Waals surface area contributed by atoms with Crippen molar-refractivity contribution in [2.24, 2.45) is 0 Å². The lowest BCUT2D eigenvalue weighted by molar-refractivity contribution is 0.0638. The molecular formula is C23H25BrN4O2. The minimum absolute atomic E-state index is 0.0954. The summed E-state index contributed by atoms with van der Waals surface area (Å²) < 4.78 is 7.91. The number of hydrogen-bond donors (Lipinski definition) is 0. The van der Waals surface area contributed by atoms with Crippen molar-refractivity contribution in [3.05, 3.63) is 76.5 Å². The fourth-order valence-electron chi connectivity index (χ4n) is 3.64. The first-order valence-corrected chi connectivity index (χ1v) is 10.9. The number of carbonyl (C=O) groups is 1. The molecule has 156 valence electrons. The lowest BCUT2D eigenvalue weighted by atomic mass is 10.1. The van der Waals surface area contributed by atoms with E-state index in [4.69, 9.17) is 4.74 Å². The molecular weight excluding hydrogens is 444 g/mol. The van der Waals surface area contributed by atoms with Gasteiger partial charge in [-0.25, -0.2) is 4.68 Å². The monoisotopic (exact) mass is 468 g/mol. The van der Waals surface area contributed by atoms with Crippen molar-refractivity contribution in [1.29, 1.82) is 0 Å². The molecule has 3 aromatic rings. The molecule has 1 aliphatic heterocycles.